The lowest BCUT2D eigenvalue weighted by Gasteiger charge is -2.13. The van der Waals surface area contributed by atoms with Crippen LogP contribution in [0.15, 0.2) is 95.8 Å². The number of carbonyl (C=O) groups is 1. The van der Waals surface area contributed by atoms with E-state index in [1.807, 2.05) is 36.4 Å². The number of H-pyrrole nitrogens is 1. The summed E-state index contributed by atoms with van der Waals surface area (Å²) in [4.78, 5) is 19.0. The molecule has 2 aromatic rings. The quantitative estimate of drug-likeness (QED) is 0.792. The molecule has 1 aliphatic heterocycles. The second-order valence-electron chi connectivity index (χ2n) is 5.81. The van der Waals surface area contributed by atoms with Crippen LogP contribution >= 0.6 is 0 Å². The van der Waals surface area contributed by atoms with E-state index in [0.717, 1.165) is 10.6 Å². The van der Waals surface area contributed by atoms with Gasteiger partial charge in [-0.3, -0.25) is 9.74 Å². The van der Waals surface area contributed by atoms with Crippen molar-refractivity contribution in [2.45, 2.75) is 13.1 Å². The van der Waals surface area contributed by atoms with E-state index in [9.17, 15) is 9.18 Å². The average molecular weight is 381 g/mol. The van der Waals surface area contributed by atoms with Crippen molar-refractivity contribution in [3.63, 3.8) is 0 Å². The Kier molecular flexibility index (Phi) is 6.67. The van der Waals surface area contributed by atoms with Crippen LogP contribution in [-0.2, 0) is 13.1 Å². The molecule has 0 saturated carbocycles. The first-order chi connectivity index (χ1) is 13.7. The van der Waals surface area contributed by atoms with Crippen LogP contribution in [0.4, 0.5) is 9.18 Å². The van der Waals surface area contributed by atoms with Gasteiger partial charge < -0.3 is 4.52 Å². The van der Waals surface area contributed by atoms with E-state index >= 15 is 0 Å². The molecule has 28 heavy (non-hydrogen) atoms. The summed E-state index contributed by atoms with van der Waals surface area (Å²) in [6, 6.07) is 22.9. The molecule has 144 valence electrons. The first-order valence-electron chi connectivity index (χ1n) is 8.68. The third-order valence-electron chi connectivity index (χ3n) is 3.86. The van der Waals surface area contributed by atoms with Gasteiger partial charge in [0.05, 0.1) is 6.54 Å². The van der Waals surface area contributed by atoms with Gasteiger partial charge in [-0.2, -0.15) is 0 Å². The van der Waals surface area contributed by atoms with Gasteiger partial charge in [-0.05, 0) is 23.8 Å². The summed E-state index contributed by atoms with van der Waals surface area (Å²) < 4.78 is 19.1. The van der Waals surface area contributed by atoms with Crippen molar-refractivity contribution < 1.29 is 18.5 Å². The molecule has 0 fully saturated rings. The van der Waals surface area contributed by atoms with Crippen molar-refractivity contribution in [1.29, 1.82) is 0 Å². The third-order valence-corrected chi connectivity index (χ3v) is 3.86. The molecule has 1 aliphatic rings. The van der Waals surface area contributed by atoms with Crippen LogP contribution in [-0.4, -0.2) is 21.1 Å². The van der Waals surface area contributed by atoms with Gasteiger partial charge in [0.15, 0.2) is 0 Å². The fourth-order valence-electron chi connectivity index (χ4n) is 2.53. The number of carbonyl (C=O) groups excluding carboxylic acids is 1. The van der Waals surface area contributed by atoms with Gasteiger partial charge in [-0.1, -0.05) is 60.7 Å². The summed E-state index contributed by atoms with van der Waals surface area (Å²) in [5, 5.41) is 3.52. The van der Waals surface area contributed by atoms with Crippen molar-refractivity contribution in [3.05, 3.63) is 108 Å². The number of amides is 1. The summed E-state index contributed by atoms with van der Waals surface area (Å²) in [6.07, 6.45) is 2.22. The summed E-state index contributed by atoms with van der Waals surface area (Å²) in [6.45, 7) is 0.417. The first-order valence-corrected chi connectivity index (χ1v) is 8.68. The molecule has 7 heteroatoms. The molecule has 2 heterocycles. The fourth-order valence-corrected chi connectivity index (χ4v) is 2.53. The van der Waals surface area contributed by atoms with Gasteiger partial charge in [0.1, 0.15) is 12.1 Å². The molecule has 1 aromatic carbocycles. The molecule has 1 amide bonds. The number of fused-ring (bicyclic) bond motifs is 1. The lowest BCUT2D eigenvalue weighted by atomic mass is 10.1. The average Bonchev–Trinajstić information content (AvgIpc) is 3.12. The Morgan fingerprint density at radius 1 is 0.929 bits per heavy atom. The smallest absolute Gasteiger partial charge is 0.339 e. The second kappa shape index (κ2) is 9.82. The summed E-state index contributed by atoms with van der Waals surface area (Å²) in [5.41, 5.74) is 1.26. The normalized spacial score (nSPS) is 11.5. The largest absolute Gasteiger partial charge is 0.438 e. The number of aromatic amines is 1. The zero-order valence-electron chi connectivity index (χ0n) is 15.1. The van der Waals surface area contributed by atoms with Crippen molar-refractivity contribution in [3.8, 4) is 0 Å². The standard InChI is InChI=1S/C21H20FN3O3/c22-20-13-11-12-18-16-24(17-19(18)20)21(26)28-25-23-14-9-7-5-3-1-2-4-6-8-10-15-27-25/h1-15,23H,16-17H2. The van der Waals surface area contributed by atoms with Crippen molar-refractivity contribution in [2.75, 3.05) is 0 Å². The first kappa shape index (κ1) is 19.0. The van der Waals surface area contributed by atoms with Crippen molar-refractivity contribution >= 4 is 6.09 Å². The summed E-state index contributed by atoms with van der Waals surface area (Å²) >= 11 is 0. The number of halogens is 1. The highest BCUT2D eigenvalue weighted by Crippen LogP contribution is 2.24. The van der Waals surface area contributed by atoms with Crippen LogP contribution in [0.2, 0.25) is 0 Å². The van der Waals surface area contributed by atoms with Gasteiger partial charge in [0.2, 0.25) is 0 Å². The minimum Gasteiger partial charge on any atom is -0.339 e. The molecule has 6 nitrogen and oxygen atoms in total. The molecule has 0 spiro atoms. The SMILES string of the molecule is O=C(On1[nH]cccccccccccco1)N1Cc2cccc(F)c2C1. The number of aromatic nitrogens is 2. The van der Waals surface area contributed by atoms with Gasteiger partial charge in [0, 0.05) is 23.3 Å². The molecule has 3 rings (SSSR count). The predicted octanol–water partition coefficient (Wildman–Crippen LogP) is 4.49. The topological polar surface area (TPSA) is 63.4 Å². The highest BCUT2D eigenvalue weighted by atomic mass is 19.1. The molecule has 0 bridgehead atoms. The molecule has 0 radical (unpaired) electrons. The molecule has 0 aliphatic carbocycles. The fraction of sp³-hybridized carbons (Fsp3) is 0.0952. The van der Waals surface area contributed by atoms with Crippen LogP contribution in [0, 0.1) is 5.82 Å². The Bertz CT molecular complexity index is 936. The molecule has 1 aromatic heterocycles. The number of nitrogens with zero attached hydrogens (tertiary/aromatic N) is 2. The number of rotatable bonds is 1. The van der Waals surface area contributed by atoms with Crippen LogP contribution in [0.25, 0.3) is 0 Å². The maximum Gasteiger partial charge on any atom is 0.438 e. The molecule has 1 N–H and O–H groups in total. The molecule has 0 saturated heterocycles. The van der Waals surface area contributed by atoms with Crippen LogP contribution in [0.3, 0.4) is 0 Å². The summed E-state index contributed by atoms with van der Waals surface area (Å²) in [7, 11) is 0. The molecule has 0 unspecified atom stereocenters. The Morgan fingerprint density at radius 3 is 2.32 bits per heavy atom. The van der Waals surface area contributed by atoms with E-state index in [1.54, 1.807) is 36.4 Å². The van der Waals surface area contributed by atoms with Crippen LogP contribution in [0.5, 0.6) is 0 Å². The molecular formula is C21H20FN3O3. The molecule has 0 atom stereocenters. The molecular weight excluding hydrogens is 361 g/mol. The maximum atomic E-state index is 13.9. The van der Waals surface area contributed by atoms with E-state index in [-0.39, 0.29) is 18.9 Å². The van der Waals surface area contributed by atoms with Crippen LogP contribution < -0.4 is 4.84 Å². The zero-order chi connectivity index (χ0) is 19.6. The number of nitrogens with one attached hydrogen (secondary N) is 1. The van der Waals surface area contributed by atoms with Gasteiger partial charge in [0.25, 0.3) is 0 Å². The van der Waals surface area contributed by atoms with Gasteiger partial charge in [-0.15, -0.1) is 0 Å². The Morgan fingerprint density at radius 2 is 1.61 bits per heavy atom. The van der Waals surface area contributed by atoms with E-state index < -0.39 is 6.09 Å². The van der Waals surface area contributed by atoms with Gasteiger partial charge >= 0.3 is 6.09 Å². The van der Waals surface area contributed by atoms with E-state index in [1.165, 1.54) is 23.4 Å². The minimum atomic E-state index is -0.667. The summed E-state index contributed by atoms with van der Waals surface area (Å²) in [5.74, 6) is -0.330. The van der Waals surface area contributed by atoms with Gasteiger partial charge in [-0.25, -0.2) is 14.3 Å². The lowest BCUT2D eigenvalue weighted by Crippen LogP contribution is -2.33. The van der Waals surface area contributed by atoms with Crippen LogP contribution in [0.1, 0.15) is 11.1 Å². The zero-order valence-corrected chi connectivity index (χ0v) is 15.1. The number of benzene rings is 1. The lowest BCUT2D eigenvalue weighted by molar-refractivity contribution is -0.0293. The third kappa shape index (κ3) is 5.38. The second-order valence-corrected chi connectivity index (χ2v) is 5.81. The monoisotopic (exact) mass is 381 g/mol. The highest BCUT2D eigenvalue weighted by Gasteiger charge is 2.27. The Labute approximate surface area is 161 Å². The van der Waals surface area contributed by atoms with E-state index in [4.69, 9.17) is 9.36 Å². The maximum absolute atomic E-state index is 13.9. The van der Waals surface area contributed by atoms with E-state index in [2.05, 4.69) is 5.10 Å². The Balaban J connectivity index is 1.80. The Hall–Kier alpha value is -3.74. The minimum absolute atomic E-state index is 0.143. The highest BCUT2D eigenvalue weighted by molar-refractivity contribution is 5.69. The number of hydrogen-bond acceptors (Lipinski definition) is 3. The van der Waals surface area contributed by atoms with Crippen molar-refractivity contribution in [2.24, 2.45) is 0 Å². The van der Waals surface area contributed by atoms with E-state index in [0.29, 0.717) is 5.56 Å². The van der Waals surface area contributed by atoms with Crippen molar-refractivity contribution in [1.82, 2.24) is 15.0 Å². The predicted molar refractivity (Wildman–Crippen MR) is 102 cm³/mol. The number of hydrogen-bond donors (Lipinski definition) is 1.